The quantitative estimate of drug-likeness (QED) is 0.784. The van der Waals surface area contributed by atoms with Crippen molar-refractivity contribution in [3.05, 3.63) is 47.0 Å². The van der Waals surface area contributed by atoms with Crippen LogP contribution in [0.1, 0.15) is 30.4 Å². The zero-order chi connectivity index (χ0) is 17.5. The third-order valence-corrected chi connectivity index (χ3v) is 5.00. The van der Waals surface area contributed by atoms with E-state index in [-0.39, 0.29) is 12.0 Å². The maximum Gasteiger partial charge on any atom is 0.227 e. The average molecular weight is 359 g/mol. The van der Waals surface area contributed by atoms with Gasteiger partial charge in [0.2, 0.25) is 5.91 Å². The molecule has 25 heavy (non-hydrogen) atoms. The number of carbonyl (C=O) groups excluding carboxylic acids is 1. The lowest BCUT2D eigenvalue weighted by molar-refractivity contribution is -0.116. The summed E-state index contributed by atoms with van der Waals surface area (Å²) in [7, 11) is 0. The van der Waals surface area contributed by atoms with Crippen LogP contribution in [0.3, 0.4) is 0 Å². The van der Waals surface area contributed by atoms with Crippen molar-refractivity contribution < 1.29 is 9.53 Å². The summed E-state index contributed by atoms with van der Waals surface area (Å²) in [5, 5.41) is 5.37. The van der Waals surface area contributed by atoms with Crippen molar-refractivity contribution in [2.45, 2.75) is 38.8 Å². The monoisotopic (exact) mass is 359 g/mol. The first-order valence-corrected chi connectivity index (χ1v) is 9.66. The van der Waals surface area contributed by atoms with E-state index in [1.807, 2.05) is 5.38 Å². The lowest BCUT2D eigenvalue weighted by Crippen LogP contribution is -2.34. The molecule has 1 aromatic carbocycles. The predicted molar refractivity (Wildman–Crippen MR) is 101 cm³/mol. The van der Waals surface area contributed by atoms with Gasteiger partial charge in [-0.25, -0.2) is 4.98 Å². The van der Waals surface area contributed by atoms with E-state index >= 15 is 0 Å². The Morgan fingerprint density at radius 1 is 1.48 bits per heavy atom. The van der Waals surface area contributed by atoms with Crippen molar-refractivity contribution >= 4 is 22.4 Å². The van der Waals surface area contributed by atoms with Crippen molar-refractivity contribution in [1.82, 2.24) is 9.88 Å². The third kappa shape index (κ3) is 5.92. The molecule has 0 saturated carbocycles. The number of hydrogen-bond donors (Lipinski definition) is 1. The summed E-state index contributed by atoms with van der Waals surface area (Å²) >= 11 is 1.44. The molecule has 1 N–H and O–H groups in total. The molecule has 1 fully saturated rings. The van der Waals surface area contributed by atoms with Gasteiger partial charge in [-0.15, -0.1) is 11.3 Å². The van der Waals surface area contributed by atoms with Crippen molar-refractivity contribution in [2.75, 3.05) is 25.0 Å². The number of nitrogens with one attached hydrogen (secondary N) is 1. The first-order valence-electron chi connectivity index (χ1n) is 8.78. The maximum atomic E-state index is 12.2. The summed E-state index contributed by atoms with van der Waals surface area (Å²) in [6, 6.07) is 8.54. The first kappa shape index (κ1) is 18.0. The van der Waals surface area contributed by atoms with E-state index in [1.165, 1.54) is 22.5 Å². The van der Waals surface area contributed by atoms with E-state index in [2.05, 4.69) is 46.4 Å². The number of thiazole rings is 1. The Morgan fingerprint density at radius 3 is 3.12 bits per heavy atom. The summed E-state index contributed by atoms with van der Waals surface area (Å²) < 4.78 is 5.79. The van der Waals surface area contributed by atoms with Crippen LogP contribution in [0.5, 0.6) is 0 Å². The SMILES string of the molecule is Cc1cccc(CN(CCC(=O)Nc2nccs2)C[C@@H]2CCCO2)c1. The number of aromatic nitrogens is 1. The van der Waals surface area contributed by atoms with Crippen LogP contribution in [0, 0.1) is 6.92 Å². The number of hydrogen-bond acceptors (Lipinski definition) is 5. The third-order valence-electron chi connectivity index (χ3n) is 4.31. The number of nitrogens with zero attached hydrogens (tertiary/aromatic N) is 2. The zero-order valence-corrected chi connectivity index (χ0v) is 15.4. The number of rotatable bonds is 8. The van der Waals surface area contributed by atoms with Crippen LogP contribution in [0.4, 0.5) is 5.13 Å². The van der Waals surface area contributed by atoms with Gasteiger partial charge in [0.05, 0.1) is 6.10 Å². The van der Waals surface area contributed by atoms with Crippen LogP contribution in [-0.4, -0.2) is 41.6 Å². The number of aryl methyl sites for hydroxylation is 1. The van der Waals surface area contributed by atoms with E-state index in [0.717, 1.165) is 32.5 Å². The van der Waals surface area contributed by atoms with Gasteiger partial charge in [-0.2, -0.15) is 0 Å². The van der Waals surface area contributed by atoms with Gasteiger partial charge in [0, 0.05) is 44.2 Å². The molecular weight excluding hydrogens is 334 g/mol. The summed E-state index contributed by atoms with van der Waals surface area (Å²) in [4.78, 5) is 18.6. The van der Waals surface area contributed by atoms with Gasteiger partial charge in [0.1, 0.15) is 0 Å². The van der Waals surface area contributed by atoms with E-state index in [4.69, 9.17) is 4.74 Å². The van der Waals surface area contributed by atoms with E-state index < -0.39 is 0 Å². The Morgan fingerprint density at radius 2 is 2.40 bits per heavy atom. The van der Waals surface area contributed by atoms with E-state index in [1.54, 1.807) is 6.20 Å². The second kappa shape index (κ2) is 9.08. The largest absolute Gasteiger partial charge is 0.377 e. The van der Waals surface area contributed by atoms with Crippen LogP contribution in [0.25, 0.3) is 0 Å². The minimum Gasteiger partial charge on any atom is -0.377 e. The molecule has 5 nitrogen and oxygen atoms in total. The molecule has 0 unspecified atom stereocenters. The minimum atomic E-state index is 0.0107. The van der Waals surface area contributed by atoms with Crippen molar-refractivity contribution in [3.63, 3.8) is 0 Å². The molecule has 0 bridgehead atoms. The summed E-state index contributed by atoms with van der Waals surface area (Å²) in [5.41, 5.74) is 2.54. The van der Waals surface area contributed by atoms with Gasteiger partial charge in [-0.3, -0.25) is 9.69 Å². The Balaban J connectivity index is 1.56. The molecule has 1 aromatic heterocycles. The number of ether oxygens (including phenoxy) is 1. The molecule has 0 aliphatic carbocycles. The fourth-order valence-electron chi connectivity index (χ4n) is 3.11. The standard InChI is InChI=1S/C19H25N3O2S/c1-15-4-2-5-16(12-15)13-22(14-17-6-3-10-24-17)9-7-18(23)21-19-20-8-11-25-19/h2,4-5,8,11-12,17H,3,6-7,9-10,13-14H2,1H3,(H,20,21,23)/t17-/m0/s1. The van der Waals surface area contributed by atoms with Gasteiger partial charge in [-0.05, 0) is 25.3 Å². The Labute approximate surface area is 153 Å². The van der Waals surface area contributed by atoms with E-state index in [0.29, 0.717) is 18.1 Å². The minimum absolute atomic E-state index is 0.0107. The fourth-order valence-corrected chi connectivity index (χ4v) is 3.65. The second-order valence-corrected chi connectivity index (χ2v) is 7.39. The fraction of sp³-hybridized carbons (Fsp3) is 0.474. The lowest BCUT2D eigenvalue weighted by Gasteiger charge is -2.25. The van der Waals surface area contributed by atoms with Gasteiger partial charge in [0.25, 0.3) is 0 Å². The highest BCUT2D eigenvalue weighted by Crippen LogP contribution is 2.16. The highest BCUT2D eigenvalue weighted by Gasteiger charge is 2.20. The highest BCUT2D eigenvalue weighted by molar-refractivity contribution is 7.13. The first-order chi connectivity index (χ1) is 12.2. The number of anilines is 1. The van der Waals surface area contributed by atoms with Gasteiger partial charge >= 0.3 is 0 Å². The normalized spacial score (nSPS) is 17.1. The Bertz CT molecular complexity index is 669. The Hall–Kier alpha value is -1.76. The molecule has 2 aromatic rings. The molecule has 1 saturated heterocycles. The predicted octanol–water partition coefficient (Wildman–Crippen LogP) is 3.46. The average Bonchev–Trinajstić information content (AvgIpc) is 3.26. The maximum absolute atomic E-state index is 12.2. The Kier molecular flexibility index (Phi) is 6.55. The summed E-state index contributed by atoms with van der Waals surface area (Å²) in [5.74, 6) is 0.0107. The molecule has 1 aliphatic heterocycles. The molecule has 1 atom stereocenters. The van der Waals surface area contributed by atoms with Gasteiger partial charge in [0.15, 0.2) is 5.13 Å². The number of carbonyl (C=O) groups is 1. The van der Waals surface area contributed by atoms with Crippen LogP contribution >= 0.6 is 11.3 Å². The summed E-state index contributed by atoms with van der Waals surface area (Å²) in [6.45, 7) is 5.39. The van der Waals surface area contributed by atoms with Crippen LogP contribution in [-0.2, 0) is 16.1 Å². The van der Waals surface area contributed by atoms with Crippen LogP contribution in [0.15, 0.2) is 35.8 Å². The van der Waals surface area contributed by atoms with Crippen LogP contribution in [0.2, 0.25) is 0 Å². The summed E-state index contributed by atoms with van der Waals surface area (Å²) in [6.07, 6.45) is 4.68. The highest BCUT2D eigenvalue weighted by atomic mass is 32.1. The molecule has 1 aliphatic rings. The van der Waals surface area contributed by atoms with Crippen LogP contribution < -0.4 is 5.32 Å². The molecule has 0 spiro atoms. The molecule has 134 valence electrons. The molecule has 2 heterocycles. The molecular formula is C19H25N3O2S. The molecule has 0 radical (unpaired) electrons. The van der Waals surface area contributed by atoms with E-state index in [9.17, 15) is 4.79 Å². The smallest absolute Gasteiger partial charge is 0.227 e. The molecule has 1 amide bonds. The van der Waals surface area contributed by atoms with Crippen molar-refractivity contribution in [1.29, 1.82) is 0 Å². The zero-order valence-electron chi connectivity index (χ0n) is 14.6. The second-order valence-electron chi connectivity index (χ2n) is 6.49. The topological polar surface area (TPSA) is 54.5 Å². The van der Waals surface area contributed by atoms with Crippen molar-refractivity contribution in [3.8, 4) is 0 Å². The molecule has 3 rings (SSSR count). The van der Waals surface area contributed by atoms with Gasteiger partial charge < -0.3 is 10.1 Å². The van der Waals surface area contributed by atoms with Gasteiger partial charge in [-0.1, -0.05) is 29.8 Å². The lowest BCUT2D eigenvalue weighted by atomic mass is 10.1. The molecule has 6 heteroatoms. The van der Waals surface area contributed by atoms with Crippen molar-refractivity contribution in [2.24, 2.45) is 0 Å². The number of benzene rings is 1. The number of amides is 1.